The third-order valence-corrected chi connectivity index (χ3v) is 2.33. The van der Waals surface area contributed by atoms with Crippen LogP contribution in [0, 0.1) is 6.92 Å². The molecule has 0 heterocycles. The number of carbonyl (C=O) groups excluding carboxylic acids is 1. The van der Waals surface area contributed by atoms with E-state index in [9.17, 15) is 4.79 Å². The Morgan fingerprint density at radius 3 is 2.79 bits per heavy atom. The highest BCUT2D eigenvalue weighted by atomic mass is 35.5. The predicted octanol–water partition coefficient (Wildman–Crippen LogP) is 1.90. The molecule has 1 atom stereocenters. The minimum Gasteiger partial charge on any atom is -0.481 e. The van der Waals surface area contributed by atoms with Crippen molar-refractivity contribution < 1.29 is 9.53 Å². The molecule has 0 bridgehead atoms. The van der Waals surface area contributed by atoms with E-state index < -0.39 is 12.0 Å². The number of nitrogens with two attached hydrogens (primary N) is 1. The van der Waals surface area contributed by atoms with Crippen molar-refractivity contribution >= 4 is 17.5 Å². The number of halogens is 1. The molecule has 2 N–H and O–H groups in total. The monoisotopic (exact) mass is 213 g/mol. The van der Waals surface area contributed by atoms with Gasteiger partial charge in [0.2, 0.25) is 0 Å². The van der Waals surface area contributed by atoms with Crippen LogP contribution in [0.25, 0.3) is 0 Å². The molecule has 3 nitrogen and oxygen atoms in total. The first kappa shape index (κ1) is 10.9. The molecule has 0 aliphatic rings. The minimum atomic E-state index is -0.646. The highest BCUT2D eigenvalue weighted by molar-refractivity contribution is 6.31. The first-order valence-corrected chi connectivity index (χ1v) is 4.61. The summed E-state index contributed by atoms with van der Waals surface area (Å²) in [6.45, 7) is 3.42. The van der Waals surface area contributed by atoms with Crippen LogP contribution in [0.5, 0.6) is 5.75 Å². The molecule has 1 unspecified atom stereocenters. The third-order valence-electron chi connectivity index (χ3n) is 1.92. The molecule has 1 amide bonds. The molecule has 76 valence electrons. The lowest BCUT2D eigenvalue weighted by molar-refractivity contribution is -0.123. The number of hydrogen-bond acceptors (Lipinski definition) is 2. The van der Waals surface area contributed by atoms with E-state index in [2.05, 4.69) is 0 Å². The summed E-state index contributed by atoms with van der Waals surface area (Å²) in [7, 11) is 0. The quantitative estimate of drug-likeness (QED) is 0.834. The molecule has 0 saturated heterocycles. The van der Waals surface area contributed by atoms with Gasteiger partial charge in [0.05, 0.1) is 0 Å². The minimum absolute atomic E-state index is 0.496. The number of ether oxygens (including phenoxy) is 1. The fourth-order valence-electron chi connectivity index (χ4n) is 0.964. The van der Waals surface area contributed by atoms with Gasteiger partial charge >= 0.3 is 0 Å². The number of carbonyl (C=O) groups is 1. The molecular formula is C10H12ClNO2. The van der Waals surface area contributed by atoms with Gasteiger partial charge in [0.1, 0.15) is 5.75 Å². The topological polar surface area (TPSA) is 52.3 Å². The molecule has 0 fully saturated rings. The van der Waals surface area contributed by atoms with E-state index in [1.54, 1.807) is 25.1 Å². The summed E-state index contributed by atoms with van der Waals surface area (Å²) in [5.74, 6) is 0.0909. The Labute approximate surface area is 87.8 Å². The Hall–Kier alpha value is -1.22. The van der Waals surface area contributed by atoms with Gasteiger partial charge in [0.15, 0.2) is 6.10 Å². The van der Waals surface area contributed by atoms with Crippen LogP contribution in [0.1, 0.15) is 12.5 Å². The zero-order valence-corrected chi connectivity index (χ0v) is 8.84. The Bertz CT molecular complexity index is 352. The van der Waals surface area contributed by atoms with Crippen molar-refractivity contribution in [1.82, 2.24) is 0 Å². The van der Waals surface area contributed by atoms with Gasteiger partial charge in [0.25, 0.3) is 5.91 Å². The van der Waals surface area contributed by atoms with Gasteiger partial charge in [-0.15, -0.1) is 0 Å². The van der Waals surface area contributed by atoms with Crippen LogP contribution in [0.4, 0.5) is 0 Å². The van der Waals surface area contributed by atoms with Crippen molar-refractivity contribution in [2.45, 2.75) is 20.0 Å². The van der Waals surface area contributed by atoms with Crippen LogP contribution >= 0.6 is 11.6 Å². The highest BCUT2D eigenvalue weighted by Crippen LogP contribution is 2.25. The lowest BCUT2D eigenvalue weighted by Gasteiger charge is -2.13. The summed E-state index contributed by atoms with van der Waals surface area (Å²) in [6.07, 6.45) is -0.646. The molecule has 0 aliphatic heterocycles. The molecular weight excluding hydrogens is 202 g/mol. The van der Waals surface area contributed by atoms with E-state index in [0.717, 1.165) is 5.56 Å². The van der Waals surface area contributed by atoms with Crippen LogP contribution in [-0.4, -0.2) is 12.0 Å². The summed E-state index contributed by atoms with van der Waals surface area (Å²) >= 11 is 5.88. The zero-order valence-electron chi connectivity index (χ0n) is 8.08. The Kier molecular flexibility index (Phi) is 3.36. The van der Waals surface area contributed by atoms with Crippen molar-refractivity contribution in [3.05, 3.63) is 28.8 Å². The Morgan fingerprint density at radius 1 is 1.57 bits per heavy atom. The molecule has 0 radical (unpaired) electrons. The molecule has 1 aromatic rings. The van der Waals surface area contributed by atoms with Gasteiger partial charge in [-0.3, -0.25) is 4.79 Å². The second kappa shape index (κ2) is 4.33. The number of primary amides is 1. The normalized spacial score (nSPS) is 12.2. The van der Waals surface area contributed by atoms with Gasteiger partial charge in [0, 0.05) is 10.6 Å². The van der Waals surface area contributed by atoms with Gasteiger partial charge in [-0.05, 0) is 26.0 Å². The number of benzene rings is 1. The van der Waals surface area contributed by atoms with Crippen LogP contribution < -0.4 is 10.5 Å². The summed E-state index contributed by atoms with van der Waals surface area (Å²) < 4.78 is 5.33. The molecule has 0 spiro atoms. The molecule has 0 aromatic heterocycles. The lowest BCUT2D eigenvalue weighted by Crippen LogP contribution is -2.30. The van der Waals surface area contributed by atoms with E-state index in [0.29, 0.717) is 10.8 Å². The fraction of sp³-hybridized carbons (Fsp3) is 0.300. The molecule has 0 aliphatic carbocycles. The average Bonchev–Trinajstić information content (AvgIpc) is 2.12. The van der Waals surface area contributed by atoms with Crippen LogP contribution in [0.2, 0.25) is 5.02 Å². The zero-order chi connectivity index (χ0) is 10.7. The smallest absolute Gasteiger partial charge is 0.258 e. The Morgan fingerprint density at radius 2 is 2.21 bits per heavy atom. The second-order valence-corrected chi connectivity index (χ2v) is 3.43. The van der Waals surface area contributed by atoms with Crippen molar-refractivity contribution in [3.8, 4) is 5.75 Å². The van der Waals surface area contributed by atoms with E-state index in [1.165, 1.54) is 0 Å². The van der Waals surface area contributed by atoms with E-state index in [1.807, 2.05) is 6.92 Å². The summed E-state index contributed by atoms with van der Waals surface area (Å²) in [6, 6.07) is 5.28. The second-order valence-electron chi connectivity index (χ2n) is 3.03. The third kappa shape index (κ3) is 2.39. The molecule has 1 rings (SSSR count). The van der Waals surface area contributed by atoms with Crippen LogP contribution in [0.3, 0.4) is 0 Å². The highest BCUT2D eigenvalue weighted by Gasteiger charge is 2.12. The van der Waals surface area contributed by atoms with Gasteiger partial charge in [-0.2, -0.15) is 0 Å². The van der Waals surface area contributed by atoms with Gasteiger partial charge < -0.3 is 10.5 Å². The molecule has 0 saturated carbocycles. The maximum atomic E-state index is 10.8. The standard InChI is InChI=1S/C10H12ClNO2/c1-6-8(11)4-3-5-9(6)14-7(2)10(12)13/h3-5,7H,1-2H3,(H2,12,13). The summed E-state index contributed by atoms with van der Waals surface area (Å²) in [4.78, 5) is 10.8. The summed E-state index contributed by atoms with van der Waals surface area (Å²) in [5, 5.41) is 0.610. The van der Waals surface area contributed by atoms with Gasteiger partial charge in [-0.25, -0.2) is 0 Å². The first-order valence-electron chi connectivity index (χ1n) is 4.23. The van der Waals surface area contributed by atoms with E-state index in [4.69, 9.17) is 22.1 Å². The fourth-order valence-corrected chi connectivity index (χ4v) is 1.13. The van der Waals surface area contributed by atoms with Crippen LogP contribution in [-0.2, 0) is 4.79 Å². The van der Waals surface area contributed by atoms with Crippen molar-refractivity contribution in [2.75, 3.05) is 0 Å². The SMILES string of the molecule is Cc1c(Cl)cccc1OC(C)C(N)=O. The molecule has 14 heavy (non-hydrogen) atoms. The number of amides is 1. The lowest BCUT2D eigenvalue weighted by atomic mass is 10.2. The van der Waals surface area contributed by atoms with E-state index in [-0.39, 0.29) is 0 Å². The molecule has 1 aromatic carbocycles. The first-order chi connectivity index (χ1) is 6.52. The maximum absolute atomic E-state index is 10.8. The number of hydrogen-bond donors (Lipinski definition) is 1. The van der Waals surface area contributed by atoms with Gasteiger partial charge in [-0.1, -0.05) is 17.7 Å². The van der Waals surface area contributed by atoms with Crippen LogP contribution in [0.15, 0.2) is 18.2 Å². The van der Waals surface area contributed by atoms with Crippen molar-refractivity contribution in [2.24, 2.45) is 5.73 Å². The maximum Gasteiger partial charge on any atom is 0.258 e. The average molecular weight is 214 g/mol. The predicted molar refractivity (Wildman–Crippen MR) is 55.5 cm³/mol. The Balaban J connectivity index is 2.87. The largest absolute Gasteiger partial charge is 0.481 e. The van der Waals surface area contributed by atoms with Crippen molar-refractivity contribution in [3.63, 3.8) is 0 Å². The molecule has 4 heteroatoms. The number of rotatable bonds is 3. The summed E-state index contributed by atoms with van der Waals surface area (Å²) in [5.41, 5.74) is 5.88. The van der Waals surface area contributed by atoms with Crippen molar-refractivity contribution in [1.29, 1.82) is 0 Å². The van der Waals surface area contributed by atoms with E-state index >= 15 is 0 Å².